The minimum atomic E-state index is -3.86. The summed E-state index contributed by atoms with van der Waals surface area (Å²) in [6.07, 6.45) is 5.22. The molecule has 0 unspecified atom stereocenters. The molecule has 0 aliphatic heterocycles. The molecule has 0 fully saturated rings. The predicted octanol–water partition coefficient (Wildman–Crippen LogP) is 0.709. The lowest BCUT2D eigenvalue weighted by Crippen LogP contribution is -2.25. The zero-order valence-corrected chi connectivity index (χ0v) is 9.22. The number of nitrogens with one attached hydrogen (secondary N) is 1. The van der Waals surface area contributed by atoms with Crippen LogP contribution in [0.25, 0.3) is 0 Å². The highest BCUT2D eigenvalue weighted by atomic mass is 32.2. The van der Waals surface area contributed by atoms with Crippen molar-refractivity contribution in [3.63, 3.8) is 0 Å². The van der Waals surface area contributed by atoms with Gasteiger partial charge in [-0.15, -0.1) is 12.3 Å². The van der Waals surface area contributed by atoms with Crippen molar-refractivity contribution in [2.45, 2.75) is 11.3 Å². The van der Waals surface area contributed by atoms with Gasteiger partial charge < -0.3 is 5.73 Å². The Morgan fingerprint density at radius 2 is 2.19 bits per heavy atom. The van der Waals surface area contributed by atoms with Crippen LogP contribution in [-0.2, 0) is 10.0 Å². The Hall–Kier alpha value is -1.58. The van der Waals surface area contributed by atoms with E-state index in [2.05, 4.69) is 10.6 Å². The molecule has 0 atom stereocenters. The minimum absolute atomic E-state index is 0.0721. The van der Waals surface area contributed by atoms with Gasteiger partial charge in [0.25, 0.3) is 0 Å². The molecule has 6 heteroatoms. The smallest absolute Gasteiger partial charge is 0.243 e. The summed E-state index contributed by atoms with van der Waals surface area (Å²) >= 11 is 0. The van der Waals surface area contributed by atoms with E-state index in [0.29, 0.717) is 0 Å². The number of nitrogens with two attached hydrogens (primary N) is 1. The highest BCUT2D eigenvalue weighted by Gasteiger charge is 2.17. The fourth-order valence-corrected chi connectivity index (χ4v) is 2.16. The molecule has 4 nitrogen and oxygen atoms in total. The molecule has 0 aliphatic rings. The molecule has 0 saturated heterocycles. The number of terminal acetylenes is 1. The normalized spacial score (nSPS) is 11.0. The maximum atomic E-state index is 13.3. The van der Waals surface area contributed by atoms with E-state index in [0.717, 1.165) is 12.1 Å². The van der Waals surface area contributed by atoms with Crippen LogP contribution in [-0.4, -0.2) is 15.0 Å². The second kappa shape index (κ2) is 4.96. The summed E-state index contributed by atoms with van der Waals surface area (Å²) in [5.41, 5.74) is 5.48. The third kappa shape index (κ3) is 2.95. The number of rotatable bonds is 4. The molecular weight excluding hydrogens is 231 g/mol. The fraction of sp³-hybridized carbons (Fsp3) is 0.200. The van der Waals surface area contributed by atoms with E-state index in [1.54, 1.807) is 0 Å². The van der Waals surface area contributed by atoms with Gasteiger partial charge in [0, 0.05) is 18.7 Å². The molecule has 0 amide bonds. The van der Waals surface area contributed by atoms with Gasteiger partial charge in [-0.05, 0) is 18.2 Å². The van der Waals surface area contributed by atoms with Crippen molar-refractivity contribution in [1.29, 1.82) is 0 Å². The lowest BCUT2D eigenvalue weighted by atomic mass is 10.3. The van der Waals surface area contributed by atoms with Gasteiger partial charge in [0.15, 0.2) is 0 Å². The van der Waals surface area contributed by atoms with Crippen LogP contribution in [0.4, 0.5) is 10.1 Å². The van der Waals surface area contributed by atoms with Crippen LogP contribution in [0.15, 0.2) is 23.1 Å². The number of hydrogen-bond acceptors (Lipinski definition) is 3. The first-order chi connectivity index (χ1) is 7.47. The summed E-state index contributed by atoms with van der Waals surface area (Å²) in [7, 11) is -3.86. The second-order valence-electron chi connectivity index (χ2n) is 3.04. The SMILES string of the molecule is C#CCCNS(=O)(=O)c1ccc(N)cc1F. The predicted molar refractivity (Wildman–Crippen MR) is 59.5 cm³/mol. The number of hydrogen-bond donors (Lipinski definition) is 2. The number of nitrogen functional groups attached to an aromatic ring is 1. The summed E-state index contributed by atoms with van der Waals surface area (Å²) in [5.74, 6) is 1.39. The second-order valence-corrected chi connectivity index (χ2v) is 4.78. The third-order valence-electron chi connectivity index (χ3n) is 1.81. The molecule has 0 aromatic heterocycles. The van der Waals surface area contributed by atoms with Crippen molar-refractivity contribution in [2.24, 2.45) is 0 Å². The lowest BCUT2D eigenvalue weighted by Gasteiger charge is -2.06. The maximum absolute atomic E-state index is 13.3. The van der Waals surface area contributed by atoms with Gasteiger partial charge in [-0.2, -0.15) is 0 Å². The van der Waals surface area contributed by atoms with Crippen LogP contribution in [0.3, 0.4) is 0 Å². The molecule has 16 heavy (non-hydrogen) atoms. The van der Waals surface area contributed by atoms with Crippen molar-refractivity contribution < 1.29 is 12.8 Å². The summed E-state index contributed by atoms with van der Waals surface area (Å²) in [6, 6.07) is 3.39. The molecule has 1 aromatic carbocycles. The Labute approximate surface area is 93.7 Å². The first-order valence-electron chi connectivity index (χ1n) is 4.45. The zero-order chi connectivity index (χ0) is 12.2. The first kappa shape index (κ1) is 12.5. The molecule has 1 rings (SSSR count). The molecule has 0 heterocycles. The Morgan fingerprint density at radius 3 is 2.75 bits per heavy atom. The Bertz CT molecular complexity index is 520. The highest BCUT2D eigenvalue weighted by Crippen LogP contribution is 2.16. The van der Waals surface area contributed by atoms with Crippen LogP contribution < -0.4 is 10.5 Å². The number of halogens is 1. The lowest BCUT2D eigenvalue weighted by molar-refractivity contribution is 0.558. The monoisotopic (exact) mass is 242 g/mol. The van der Waals surface area contributed by atoms with Gasteiger partial charge in [0.2, 0.25) is 10.0 Å². The van der Waals surface area contributed by atoms with Crippen LogP contribution in [0.1, 0.15) is 6.42 Å². The third-order valence-corrected chi connectivity index (χ3v) is 3.30. The van der Waals surface area contributed by atoms with Gasteiger partial charge in [-0.1, -0.05) is 0 Å². The zero-order valence-electron chi connectivity index (χ0n) is 8.40. The van der Waals surface area contributed by atoms with Gasteiger partial charge in [-0.25, -0.2) is 17.5 Å². The van der Waals surface area contributed by atoms with Crippen molar-refractivity contribution in [3.05, 3.63) is 24.0 Å². The maximum Gasteiger partial charge on any atom is 0.243 e. The summed E-state index contributed by atoms with van der Waals surface area (Å²) in [4.78, 5) is -0.432. The molecule has 0 radical (unpaired) electrons. The molecule has 86 valence electrons. The Kier molecular flexibility index (Phi) is 3.88. The van der Waals surface area contributed by atoms with Crippen LogP contribution in [0.5, 0.6) is 0 Å². The number of benzene rings is 1. The minimum Gasteiger partial charge on any atom is -0.399 e. The summed E-state index contributed by atoms with van der Waals surface area (Å²) in [6.45, 7) is 0.0721. The molecular formula is C10H11FN2O2S. The molecule has 1 aromatic rings. The van der Waals surface area contributed by atoms with E-state index in [9.17, 15) is 12.8 Å². The van der Waals surface area contributed by atoms with Crippen molar-refractivity contribution in [2.75, 3.05) is 12.3 Å². The summed E-state index contributed by atoms with van der Waals surface area (Å²) < 4.78 is 38.7. The number of anilines is 1. The quantitative estimate of drug-likeness (QED) is 0.464. The molecule has 0 aliphatic carbocycles. The van der Waals surface area contributed by atoms with Gasteiger partial charge in [0.05, 0.1) is 0 Å². The Balaban J connectivity index is 2.95. The van der Waals surface area contributed by atoms with Crippen molar-refractivity contribution >= 4 is 15.7 Å². The van der Waals surface area contributed by atoms with E-state index in [1.165, 1.54) is 6.07 Å². The average Bonchev–Trinajstić information content (AvgIpc) is 2.17. The van der Waals surface area contributed by atoms with E-state index in [4.69, 9.17) is 12.2 Å². The number of sulfonamides is 1. The standard InChI is InChI=1S/C10H11FN2O2S/c1-2-3-6-13-16(14,15)10-5-4-8(12)7-9(10)11/h1,4-5,7,13H,3,6,12H2. The fourth-order valence-electron chi connectivity index (χ4n) is 1.07. The van der Waals surface area contributed by atoms with Crippen LogP contribution >= 0.6 is 0 Å². The van der Waals surface area contributed by atoms with Gasteiger partial charge in [0.1, 0.15) is 10.7 Å². The van der Waals surface area contributed by atoms with Crippen molar-refractivity contribution in [1.82, 2.24) is 4.72 Å². The van der Waals surface area contributed by atoms with E-state index in [-0.39, 0.29) is 18.7 Å². The van der Waals surface area contributed by atoms with Crippen LogP contribution in [0, 0.1) is 18.2 Å². The molecule has 0 saturated carbocycles. The van der Waals surface area contributed by atoms with E-state index < -0.39 is 20.7 Å². The summed E-state index contributed by atoms with van der Waals surface area (Å²) in [5, 5.41) is 0. The van der Waals surface area contributed by atoms with Crippen molar-refractivity contribution in [3.8, 4) is 12.3 Å². The van der Waals surface area contributed by atoms with Gasteiger partial charge in [-0.3, -0.25) is 0 Å². The average molecular weight is 242 g/mol. The molecule has 0 bridgehead atoms. The highest BCUT2D eigenvalue weighted by molar-refractivity contribution is 7.89. The topological polar surface area (TPSA) is 72.2 Å². The van der Waals surface area contributed by atoms with E-state index in [1.807, 2.05) is 0 Å². The van der Waals surface area contributed by atoms with E-state index >= 15 is 0 Å². The molecule has 0 spiro atoms. The van der Waals surface area contributed by atoms with Gasteiger partial charge >= 0.3 is 0 Å². The Morgan fingerprint density at radius 1 is 1.50 bits per heavy atom. The first-order valence-corrected chi connectivity index (χ1v) is 5.94. The van der Waals surface area contributed by atoms with Crippen LogP contribution in [0.2, 0.25) is 0 Å². The molecule has 3 N–H and O–H groups in total. The largest absolute Gasteiger partial charge is 0.399 e.